The van der Waals surface area contributed by atoms with Gasteiger partial charge in [-0.1, -0.05) is 24.6 Å². The number of hydrogen-bond donors (Lipinski definition) is 3. The number of aliphatic hydroxyl groups is 1. The summed E-state index contributed by atoms with van der Waals surface area (Å²) in [5, 5.41) is 24.8. The van der Waals surface area contributed by atoms with Crippen molar-refractivity contribution in [1.29, 1.82) is 0 Å². The molecule has 3 rings (SSSR count). The second kappa shape index (κ2) is 13.5. The lowest BCUT2D eigenvalue weighted by atomic mass is 10.0. The second-order valence-corrected chi connectivity index (χ2v) is 10.2. The van der Waals surface area contributed by atoms with Gasteiger partial charge in [0.05, 0.1) is 30.3 Å². The van der Waals surface area contributed by atoms with E-state index < -0.39 is 12.1 Å². The third kappa shape index (κ3) is 8.00. The summed E-state index contributed by atoms with van der Waals surface area (Å²) >= 11 is 7.34. The van der Waals surface area contributed by atoms with E-state index in [1.165, 1.54) is 6.07 Å². The van der Waals surface area contributed by atoms with Gasteiger partial charge in [0, 0.05) is 24.1 Å². The van der Waals surface area contributed by atoms with Gasteiger partial charge in [-0.3, -0.25) is 9.69 Å². The van der Waals surface area contributed by atoms with E-state index in [-0.39, 0.29) is 30.0 Å². The van der Waals surface area contributed by atoms with Gasteiger partial charge in [-0.05, 0) is 73.4 Å². The Hall–Kier alpha value is -1.55. The number of carboxylic acids is 1. The minimum atomic E-state index is -0.810. The Bertz CT molecular complexity index is 928. The zero-order valence-electron chi connectivity index (χ0n) is 19.5. The lowest BCUT2D eigenvalue weighted by Crippen LogP contribution is -2.42. The fraction of sp³-hybridized carbons (Fsp3) is 0.560. The summed E-state index contributed by atoms with van der Waals surface area (Å²) in [5.74, 6) is -1.19. The van der Waals surface area contributed by atoms with Crippen LogP contribution in [0.25, 0.3) is 0 Å². The summed E-state index contributed by atoms with van der Waals surface area (Å²) in [7, 11) is 0. The van der Waals surface area contributed by atoms with Gasteiger partial charge in [0.15, 0.2) is 0 Å². The number of aryl methyl sites for hydroxylation is 1. The van der Waals surface area contributed by atoms with Crippen LogP contribution in [0.15, 0.2) is 29.6 Å². The third-order valence-corrected chi connectivity index (χ3v) is 7.51. The van der Waals surface area contributed by atoms with Crippen LogP contribution in [0.5, 0.6) is 0 Å². The molecule has 6 nitrogen and oxygen atoms in total. The highest BCUT2D eigenvalue weighted by atomic mass is 35.5. The first-order valence-electron chi connectivity index (χ1n) is 11.8. The molecule has 2 heterocycles. The van der Waals surface area contributed by atoms with E-state index in [9.17, 15) is 14.3 Å². The number of thiophene rings is 1. The van der Waals surface area contributed by atoms with Crippen LogP contribution in [0.1, 0.15) is 54.7 Å². The van der Waals surface area contributed by atoms with Crippen molar-refractivity contribution in [3.05, 3.63) is 56.5 Å². The number of benzene rings is 1. The number of hydrogen-bond acceptors (Lipinski definition) is 6. The van der Waals surface area contributed by atoms with E-state index in [4.69, 9.17) is 21.4 Å². The molecule has 0 spiro atoms. The molecule has 188 valence electrons. The van der Waals surface area contributed by atoms with Crippen LogP contribution in [0.3, 0.4) is 0 Å². The number of carboxylic acid groups (broad SMARTS) is 1. The number of aliphatic hydroxyl groups excluding tert-OH is 1. The van der Waals surface area contributed by atoms with Gasteiger partial charge in [-0.2, -0.15) is 0 Å². The molecule has 1 saturated heterocycles. The maximum absolute atomic E-state index is 13.8. The van der Waals surface area contributed by atoms with Crippen molar-refractivity contribution < 1.29 is 24.1 Å². The van der Waals surface area contributed by atoms with E-state index in [0.717, 1.165) is 48.2 Å². The van der Waals surface area contributed by atoms with Gasteiger partial charge in [0.1, 0.15) is 5.82 Å². The average Bonchev–Trinajstić information content (AvgIpc) is 3.45. The first-order valence-corrected chi connectivity index (χ1v) is 13.1. The predicted octanol–water partition coefficient (Wildman–Crippen LogP) is 4.64. The molecule has 1 aliphatic heterocycles. The number of likely N-dealkylation sites (tertiary alicyclic amines) is 1. The van der Waals surface area contributed by atoms with Crippen molar-refractivity contribution in [3.63, 3.8) is 0 Å². The van der Waals surface area contributed by atoms with Gasteiger partial charge in [-0.25, -0.2) is 4.39 Å². The zero-order valence-corrected chi connectivity index (χ0v) is 21.1. The fourth-order valence-corrected chi connectivity index (χ4v) is 5.47. The van der Waals surface area contributed by atoms with Crippen LogP contribution < -0.4 is 5.32 Å². The number of aliphatic carboxylic acids is 1. The van der Waals surface area contributed by atoms with Crippen molar-refractivity contribution in [2.75, 3.05) is 26.4 Å². The van der Waals surface area contributed by atoms with Crippen molar-refractivity contribution in [1.82, 2.24) is 10.2 Å². The standard InChI is InChI=1S/C25H34ClFN2O4S/c1-2-23(20-9-11-34-24(20)7-8-25(31)32)33-15-19(30)14-28-16-29-10-3-4-18(29)12-17-5-6-21(26)22(27)13-17/h5-6,9,11,13,18-19,23,28,30H,2-4,7-8,10,12,14-16H2,1H3,(H,31,32)/t18-,19?,23?/m0/s1. The Balaban J connectivity index is 1.41. The van der Waals surface area contributed by atoms with Crippen molar-refractivity contribution in [2.45, 2.75) is 63.7 Å². The van der Waals surface area contributed by atoms with Crippen LogP contribution >= 0.6 is 22.9 Å². The van der Waals surface area contributed by atoms with E-state index in [1.54, 1.807) is 17.4 Å². The predicted molar refractivity (Wildman–Crippen MR) is 133 cm³/mol. The maximum atomic E-state index is 13.8. The SMILES string of the molecule is CCC(OCC(O)CNCN1CCC[C@H]1Cc1ccc(Cl)c(F)c1)c1ccsc1CCC(=O)O. The highest BCUT2D eigenvalue weighted by Gasteiger charge is 2.25. The summed E-state index contributed by atoms with van der Waals surface area (Å²) in [6, 6.07) is 7.31. The van der Waals surface area contributed by atoms with Crippen molar-refractivity contribution >= 4 is 28.9 Å². The maximum Gasteiger partial charge on any atom is 0.303 e. The Morgan fingerprint density at radius 1 is 1.41 bits per heavy atom. The fourth-order valence-electron chi connectivity index (χ4n) is 4.42. The Kier molecular flexibility index (Phi) is 10.8. The normalized spacial score (nSPS) is 18.3. The van der Waals surface area contributed by atoms with E-state index in [1.807, 2.05) is 24.4 Å². The minimum absolute atomic E-state index is 0.0982. The number of rotatable bonds is 14. The summed E-state index contributed by atoms with van der Waals surface area (Å²) in [6.45, 7) is 4.25. The largest absolute Gasteiger partial charge is 0.481 e. The third-order valence-electron chi connectivity index (χ3n) is 6.20. The summed E-state index contributed by atoms with van der Waals surface area (Å²) in [4.78, 5) is 14.3. The summed E-state index contributed by atoms with van der Waals surface area (Å²) in [6.07, 6.45) is 3.45. The second-order valence-electron chi connectivity index (χ2n) is 8.75. The highest BCUT2D eigenvalue weighted by molar-refractivity contribution is 7.10. The number of halogens is 2. The minimum Gasteiger partial charge on any atom is -0.481 e. The van der Waals surface area contributed by atoms with Gasteiger partial charge in [0.25, 0.3) is 0 Å². The first-order chi connectivity index (χ1) is 16.4. The van der Waals surface area contributed by atoms with Crippen LogP contribution in [0, 0.1) is 5.82 Å². The smallest absolute Gasteiger partial charge is 0.303 e. The molecule has 0 aliphatic carbocycles. The van der Waals surface area contributed by atoms with Gasteiger partial charge in [-0.15, -0.1) is 11.3 Å². The monoisotopic (exact) mass is 512 g/mol. The van der Waals surface area contributed by atoms with Crippen LogP contribution in [0.2, 0.25) is 5.02 Å². The molecule has 0 radical (unpaired) electrons. The molecule has 1 fully saturated rings. The molecule has 0 bridgehead atoms. The lowest BCUT2D eigenvalue weighted by Gasteiger charge is -2.26. The average molecular weight is 513 g/mol. The van der Waals surface area contributed by atoms with Crippen molar-refractivity contribution in [2.24, 2.45) is 0 Å². The van der Waals surface area contributed by atoms with E-state index in [0.29, 0.717) is 25.7 Å². The summed E-state index contributed by atoms with van der Waals surface area (Å²) in [5.41, 5.74) is 1.96. The molecule has 1 aromatic carbocycles. The molecule has 9 heteroatoms. The van der Waals surface area contributed by atoms with Crippen LogP contribution in [-0.4, -0.2) is 59.6 Å². The first kappa shape index (κ1) is 27.0. The molecule has 1 aliphatic rings. The van der Waals surface area contributed by atoms with Gasteiger partial charge >= 0.3 is 5.97 Å². The Labute approximate surface area is 209 Å². The Morgan fingerprint density at radius 3 is 2.97 bits per heavy atom. The molecule has 2 aromatic rings. The van der Waals surface area contributed by atoms with E-state index in [2.05, 4.69) is 10.2 Å². The Morgan fingerprint density at radius 2 is 2.24 bits per heavy atom. The van der Waals surface area contributed by atoms with E-state index >= 15 is 0 Å². The molecule has 3 N–H and O–H groups in total. The number of nitrogens with zero attached hydrogens (tertiary/aromatic N) is 1. The molecule has 1 aromatic heterocycles. The zero-order chi connectivity index (χ0) is 24.5. The lowest BCUT2D eigenvalue weighted by molar-refractivity contribution is -0.136. The summed E-state index contributed by atoms with van der Waals surface area (Å²) < 4.78 is 19.8. The molecular formula is C25H34ClFN2O4S. The number of nitrogens with one attached hydrogen (secondary N) is 1. The molecule has 0 amide bonds. The van der Waals surface area contributed by atoms with Crippen molar-refractivity contribution in [3.8, 4) is 0 Å². The molecule has 3 atom stereocenters. The molecule has 0 saturated carbocycles. The molecule has 34 heavy (non-hydrogen) atoms. The number of ether oxygens (including phenoxy) is 1. The van der Waals surface area contributed by atoms with Crippen LogP contribution in [-0.2, 0) is 22.4 Å². The number of carbonyl (C=O) groups is 1. The highest BCUT2D eigenvalue weighted by Crippen LogP contribution is 2.30. The van der Waals surface area contributed by atoms with Gasteiger partial charge < -0.3 is 20.3 Å². The molecular weight excluding hydrogens is 479 g/mol. The van der Waals surface area contributed by atoms with Gasteiger partial charge in [0.2, 0.25) is 0 Å². The molecule has 2 unspecified atom stereocenters. The quantitative estimate of drug-likeness (QED) is 0.342. The van der Waals surface area contributed by atoms with Crippen LogP contribution in [0.4, 0.5) is 4.39 Å². The topological polar surface area (TPSA) is 82.0 Å².